The summed E-state index contributed by atoms with van der Waals surface area (Å²) >= 11 is 0. The number of hydrogen-bond donors (Lipinski definition) is 2. The molecule has 29 heavy (non-hydrogen) atoms. The van der Waals surface area contributed by atoms with Gasteiger partial charge in [0.05, 0.1) is 30.3 Å². The minimum Gasteiger partial charge on any atom is -0.480 e. The molecule has 2 aromatic rings. The number of ether oxygens (including phenoxy) is 2. The van der Waals surface area contributed by atoms with E-state index >= 15 is 0 Å². The number of aliphatic hydroxyl groups excluding tert-OH is 1. The van der Waals surface area contributed by atoms with E-state index in [2.05, 4.69) is 15.3 Å². The molecule has 1 aromatic heterocycles. The third kappa shape index (κ3) is 5.18. The molecule has 0 bridgehead atoms. The summed E-state index contributed by atoms with van der Waals surface area (Å²) in [5, 5.41) is 12.9. The largest absolute Gasteiger partial charge is 0.480 e. The number of aliphatic hydroxyl groups is 1. The predicted octanol–water partition coefficient (Wildman–Crippen LogP) is 0.295. The number of carbonyl (C=O) groups excluding carboxylic acids is 2. The van der Waals surface area contributed by atoms with Crippen LogP contribution in [0.25, 0.3) is 11.0 Å². The first-order chi connectivity index (χ1) is 14.0. The number of rotatable bonds is 7. The van der Waals surface area contributed by atoms with E-state index in [-0.39, 0.29) is 31.4 Å². The van der Waals surface area contributed by atoms with Crippen LogP contribution in [0.5, 0.6) is 5.88 Å². The number of fused-ring (bicyclic) bond motifs is 1. The Balaban J connectivity index is 1.63. The number of nitrogens with zero attached hydrogens (tertiary/aromatic N) is 3. The first kappa shape index (κ1) is 20.9. The lowest BCUT2D eigenvalue weighted by molar-refractivity contribution is -0.136. The maximum absolute atomic E-state index is 12.7. The number of likely N-dealkylation sites (tertiary alicyclic amines) is 1. The van der Waals surface area contributed by atoms with Crippen LogP contribution in [-0.2, 0) is 20.7 Å². The van der Waals surface area contributed by atoms with Gasteiger partial charge in [0.25, 0.3) is 0 Å². The van der Waals surface area contributed by atoms with Crippen LogP contribution in [0.4, 0.5) is 0 Å². The van der Waals surface area contributed by atoms with Gasteiger partial charge in [-0.05, 0) is 18.6 Å². The van der Waals surface area contributed by atoms with Crippen LogP contribution in [0.1, 0.15) is 18.5 Å². The first-order valence-electron chi connectivity index (χ1n) is 9.55. The van der Waals surface area contributed by atoms with E-state index in [4.69, 9.17) is 9.47 Å². The Morgan fingerprint density at radius 3 is 2.66 bits per heavy atom. The van der Waals surface area contributed by atoms with Crippen molar-refractivity contribution in [1.82, 2.24) is 20.2 Å². The van der Waals surface area contributed by atoms with Gasteiger partial charge in [0.2, 0.25) is 17.7 Å². The van der Waals surface area contributed by atoms with Gasteiger partial charge in [0.1, 0.15) is 12.3 Å². The minimum absolute atomic E-state index is 0.0695. The van der Waals surface area contributed by atoms with E-state index in [1.807, 2.05) is 24.3 Å². The highest BCUT2D eigenvalue weighted by molar-refractivity contribution is 5.79. The van der Waals surface area contributed by atoms with Crippen molar-refractivity contribution in [3.63, 3.8) is 0 Å². The minimum atomic E-state index is -0.689. The average molecular weight is 402 g/mol. The Morgan fingerprint density at radius 1 is 1.24 bits per heavy atom. The van der Waals surface area contributed by atoms with E-state index in [0.717, 1.165) is 11.0 Å². The van der Waals surface area contributed by atoms with E-state index in [1.165, 1.54) is 14.2 Å². The van der Waals surface area contributed by atoms with Crippen molar-refractivity contribution < 1.29 is 24.2 Å². The number of benzene rings is 1. The van der Waals surface area contributed by atoms with Crippen molar-refractivity contribution >= 4 is 22.8 Å². The first-order valence-corrected chi connectivity index (χ1v) is 9.55. The smallest absolute Gasteiger partial charge is 0.246 e. The second kappa shape index (κ2) is 9.62. The molecule has 0 aliphatic carbocycles. The summed E-state index contributed by atoms with van der Waals surface area (Å²) < 4.78 is 10.1. The molecule has 0 unspecified atom stereocenters. The van der Waals surface area contributed by atoms with Crippen LogP contribution in [0.2, 0.25) is 0 Å². The van der Waals surface area contributed by atoms with Gasteiger partial charge in [-0.15, -0.1) is 0 Å². The van der Waals surface area contributed by atoms with Crippen LogP contribution in [0.3, 0.4) is 0 Å². The molecule has 9 heteroatoms. The van der Waals surface area contributed by atoms with Crippen molar-refractivity contribution in [1.29, 1.82) is 0 Å². The van der Waals surface area contributed by atoms with E-state index in [9.17, 15) is 14.7 Å². The molecular weight excluding hydrogens is 376 g/mol. The number of piperidine rings is 1. The standard InChI is InChI=1S/C20H26N4O5/c1-28-12-18(26)22-16-11-24(10-9-17(16)25)19(27)8-7-15-20(29-2)23-14-6-4-3-5-13(14)21-15/h3-6,16-17,25H,7-12H2,1-2H3,(H,22,26)/t16-,17-/m1/s1. The maximum Gasteiger partial charge on any atom is 0.246 e. The molecule has 3 rings (SSSR count). The summed E-state index contributed by atoms with van der Waals surface area (Å²) in [6.45, 7) is 0.616. The molecule has 0 spiro atoms. The number of methoxy groups -OCH3 is 2. The average Bonchev–Trinajstić information content (AvgIpc) is 2.73. The van der Waals surface area contributed by atoms with Gasteiger partial charge in [0, 0.05) is 33.0 Å². The lowest BCUT2D eigenvalue weighted by Gasteiger charge is -2.36. The van der Waals surface area contributed by atoms with Gasteiger partial charge < -0.3 is 24.8 Å². The zero-order valence-corrected chi connectivity index (χ0v) is 16.6. The summed E-state index contributed by atoms with van der Waals surface area (Å²) in [7, 11) is 2.96. The Hall–Kier alpha value is -2.78. The third-order valence-electron chi connectivity index (χ3n) is 4.93. The molecule has 2 N–H and O–H groups in total. The van der Waals surface area contributed by atoms with Crippen molar-refractivity contribution in [3.05, 3.63) is 30.0 Å². The van der Waals surface area contributed by atoms with Crippen LogP contribution in [0, 0.1) is 0 Å². The molecule has 1 aromatic carbocycles. The van der Waals surface area contributed by atoms with E-state index < -0.39 is 12.1 Å². The Morgan fingerprint density at radius 2 is 1.97 bits per heavy atom. The summed E-state index contributed by atoms with van der Waals surface area (Å²) in [5.74, 6) is 0.0252. The molecular formula is C20H26N4O5. The molecule has 9 nitrogen and oxygen atoms in total. The quantitative estimate of drug-likeness (QED) is 0.684. The van der Waals surface area contributed by atoms with Crippen molar-refractivity contribution in [2.45, 2.75) is 31.4 Å². The van der Waals surface area contributed by atoms with Gasteiger partial charge in [-0.2, -0.15) is 0 Å². The summed E-state index contributed by atoms with van der Waals surface area (Å²) in [5.41, 5.74) is 2.11. The van der Waals surface area contributed by atoms with Gasteiger partial charge in [-0.1, -0.05) is 12.1 Å². The van der Waals surface area contributed by atoms with Crippen LogP contribution < -0.4 is 10.1 Å². The second-order valence-corrected chi connectivity index (χ2v) is 6.97. The molecule has 2 heterocycles. The lowest BCUT2D eigenvalue weighted by Crippen LogP contribution is -2.56. The molecule has 156 valence electrons. The molecule has 1 aliphatic rings. The zero-order chi connectivity index (χ0) is 20.8. The van der Waals surface area contributed by atoms with Gasteiger partial charge in [0.15, 0.2) is 0 Å². The third-order valence-corrected chi connectivity index (χ3v) is 4.93. The number of para-hydroxylation sites is 2. The maximum atomic E-state index is 12.7. The number of aryl methyl sites for hydroxylation is 1. The van der Waals surface area contributed by atoms with E-state index in [1.54, 1.807) is 4.90 Å². The van der Waals surface area contributed by atoms with Crippen LogP contribution >= 0.6 is 0 Å². The monoisotopic (exact) mass is 402 g/mol. The molecule has 2 atom stereocenters. The normalized spacial score (nSPS) is 19.2. The van der Waals surface area contributed by atoms with Gasteiger partial charge in [-0.3, -0.25) is 9.59 Å². The number of aromatic nitrogens is 2. The van der Waals surface area contributed by atoms with Crippen molar-refractivity contribution in [2.75, 3.05) is 33.9 Å². The fraction of sp³-hybridized carbons (Fsp3) is 0.500. The highest BCUT2D eigenvalue weighted by Crippen LogP contribution is 2.21. The molecule has 0 radical (unpaired) electrons. The number of hydrogen-bond acceptors (Lipinski definition) is 7. The fourth-order valence-electron chi connectivity index (χ4n) is 3.42. The molecule has 0 saturated carbocycles. The highest BCUT2D eigenvalue weighted by Gasteiger charge is 2.31. The van der Waals surface area contributed by atoms with Crippen molar-refractivity contribution in [3.8, 4) is 5.88 Å². The highest BCUT2D eigenvalue weighted by atomic mass is 16.5. The Kier molecular flexibility index (Phi) is 6.95. The summed E-state index contributed by atoms with van der Waals surface area (Å²) in [6, 6.07) is 6.98. The summed E-state index contributed by atoms with van der Waals surface area (Å²) in [6.07, 6.45) is 0.340. The second-order valence-electron chi connectivity index (χ2n) is 6.97. The molecule has 1 aliphatic heterocycles. The van der Waals surface area contributed by atoms with Crippen molar-refractivity contribution in [2.24, 2.45) is 0 Å². The molecule has 1 saturated heterocycles. The predicted molar refractivity (Wildman–Crippen MR) is 105 cm³/mol. The van der Waals surface area contributed by atoms with Gasteiger partial charge >= 0.3 is 0 Å². The summed E-state index contributed by atoms with van der Waals surface area (Å²) in [4.78, 5) is 35.2. The topological polar surface area (TPSA) is 114 Å². The molecule has 1 fully saturated rings. The number of carbonyl (C=O) groups is 2. The fourth-order valence-corrected chi connectivity index (χ4v) is 3.42. The van der Waals surface area contributed by atoms with E-state index in [0.29, 0.717) is 31.0 Å². The number of amides is 2. The van der Waals surface area contributed by atoms with Crippen LogP contribution in [-0.4, -0.2) is 77.9 Å². The lowest BCUT2D eigenvalue weighted by atomic mass is 10.0. The Bertz CT molecular complexity index is 875. The zero-order valence-electron chi connectivity index (χ0n) is 16.6. The Labute approximate surface area is 169 Å². The SMILES string of the molecule is COCC(=O)N[C@@H]1CN(C(=O)CCc2nc3ccccc3nc2OC)CC[C@H]1O. The molecule has 2 amide bonds. The van der Waals surface area contributed by atoms with Gasteiger partial charge in [-0.25, -0.2) is 9.97 Å². The number of nitrogens with one attached hydrogen (secondary N) is 1. The van der Waals surface area contributed by atoms with Crippen LogP contribution in [0.15, 0.2) is 24.3 Å².